The molecule has 3 rings (SSSR count). The van der Waals surface area contributed by atoms with Crippen molar-refractivity contribution in [3.63, 3.8) is 0 Å². The molecule has 0 saturated heterocycles. The largest absolute Gasteiger partial charge is 0.387 e. The smallest absolute Gasteiger partial charge is 0.225 e. The fourth-order valence-electron chi connectivity index (χ4n) is 3.17. The predicted molar refractivity (Wildman–Crippen MR) is 101 cm³/mol. The van der Waals surface area contributed by atoms with Gasteiger partial charge in [-0.3, -0.25) is 4.98 Å². The average Bonchev–Trinajstić information content (AvgIpc) is 2.56. The van der Waals surface area contributed by atoms with E-state index in [1.165, 1.54) is 0 Å². The maximum absolute atomic E-state index is 9.85. The molecule has 1 saturated carbocycles. The molecule has 7 heteroatoms. The van der Waals surface area contributed by atoms with E-state index in [2.05, 4.69) is 39.4 Å². The zero-order valence-electron chi connectivity index (χ0n) is 15.2. The lowest BCUT2D eigenvalue weighted by Gasteiger charge is -2.27. The number of nitrogens with two attached hydrogens (primary N) is 1. The minimum absolute atomic E-state index is 0.239. The second-order valence-electron chi connectivity index (χ2n) is 7.25. The van der Waals surface area contributed by atoms with Crippen LogP contribution in [0.4, 0.5) is 11.8 Å². The number of anilines is 2. The molecule has 2 aromatic heterocycles. The van der Waals surface area contributed by atoms with E-state index in [0.717, 1.165) is 42.4 Å². The third kappa shape index (κ3) is 4.35. The van der Waals surface area contributed by atoms with Crippen molar-refractivity contribution in [3.8, 4) is 0 Å². The van der Waals surface area contributed by atoms with Crippen molar-refractivity contribution in [2.45, 2.75) is 70.7 Å². The Morgan fingerprint density at radius 3 is 2.52 bits per heavy atom. The number of aliphatic hydroxyl groups excluding tert-OH is 1. The van der Waals surface area contributed by atoms with Crippen molar-refractivity contribution in [1.29, 1.82) is 0 Å². The standard InChI is InChI=1S/C18H28N6O/c1-10(2)21-18-23-16-9-20-15(11(3)25)8-14(16)17(24-18)22-13-6-4-12(19)5-7-13/h8-13,25H,4-7,19H2,1-3H3,(H2,21,22,23,24)/t11-,12?,13?/m1/s1. The third-order valence-electron chi connectivity index (χ3n) is 4.56. The maximum Gasteiger partial charge on any atom is 0.225 e. The van der Waals surface area contributed by atoms with Crippen LogP contribution in [0.1, 0.15) is 58.3 Å². The average molecular weight is 344 g/mol. The number of hydrogen-bond donors (Lipinski definition) is 4. The first-order valence-electron chi connectivity index (χ1n) is 9.06. The Morgan fingerprint density at radius 1 is 1.16 bits per heavy atom. The summed E-state index contributed by atoms with van der Waals surface area (Å²) in [7, 11) is 0. The van der Waals surface area contributed by atoms with E-state index in [1.807, 2.05) is 6.07 Å². The summed E-state index contributed by atoms with van der Waals surface area (Å²) in [4.78, 5) is 13.5. The molecule has 1 aliphatic carbocycles. The van der Waals surface area contributed by atoms with Gasteiger partial charge in [-0.25, -0.2) is 4.98 Å². The Balaban J connectivity index is 1.97. The van der Waals surface area contributed by atoms with Crippen molar-refractivity contribution in [2.75, 3.05) is 10.6 Å². The van der Waals surface area contributed by atoms with Gasteiger partial charge in [0.2, 0.25) is 5.95 Å². The van der Waals surface area contributed by atoms with Crippen LogP contribution >= 0.6 is 0 Å². The van der Waals surface area contributed by atoms with E-state index in [9.17, 15) is 5.11 Å². The lowest BCUT2D eigenvalue weighted by atomic mass is 9.92. The number of pyridine rings is 1. The zero-order chi connectivity index (χ0) is 18.0. The first-order chi connectivity index (χ1) is 11.9. The quantitative estimate of drug-likeness (QED) is 0.660. The molecule has 0 bridgehead atoms. The van der Waals surface area contributed by atoms with Crippen LogP contribution < -0.4 is 16.4 Å². The summed E-state index contributed by atoms with van der Waals surface area (Å²) in [5, 5.41) is 17.6. The molecule has 1 aliphatic rings. The van der Waals surface area contributed by atoms with Crippen molar-refractivity contribution in [3.05, 3.63) is 18.0 Å². The summed E-state index contributed by atoms with van der Waals surface area (Å²) in [6.07, 6.45) is 5.20. The summed E-state index contributed by atoms with van der Waals surface area (Å²) in [5.74, 6) is 1.38. The highest BCUT2D eigenvalue weighted by Crippen LogP contribution is 2.27. The Kier molecular flexibility index (Phi) is 5.34. The van der Waals surface area contributed by atoms with Gasteiger partial charge in [0.05, 0.1) is 23.5 Å². The van der Waals surface area contributed by atoms with Gasteiger partial charge in [0, 0.05) is 23.5 Å². The first kappa shape index (κ1) is 17.8. The molecular weight excluding hydrogens is 316 g/mol. The molecule has 7 nitrogen and oxygen atoms in total. The molecule has 0 aliphatic heterocycles. The Bertz CT molecular complexity index is 725. The summed E-state index contributed by atoms with van der Waals surface area (Å²) in [6.45, 7) is 5.81. The summed E-state index contributed by atoms with van der Waals surface area (Å²) in [5.41, 5.74) is 7.39. The summed E-state index contributed by atoms with van der Waals surface area (Å²) in [6, 6.07) is 2.77. The van der Waals surface area contributed by atoms with E-state index in [1.54, 1.807) is 13.1 Å². The van der Waals surface area contributed by atoms with Gasteiger partial charge in [-0.05, 0) is 52.5 Å². The van der Waals surface area contributed by atoms with Crippen LogP contribution in [0.2, 0.25) is 0 Å². The van der Waals surface area contributed by atoms with Crippen LogP contribution in [0.3, 0.4) is 0 Å². The number of fused-ring (bicyclic) bond motifs is 1. The fraction of sp³-hybridized carbons (Fsp3) is 0.611. The van der Waals surface area contributed by atoms with Gasteiger partial charge in [-0.2, -0.15) is 4.98 Å². The van der Waals surface area contributed by atoms with Crippen molar-refractivity contribution in [2.24, 2.45) is 5.73 Å². The molecule has 0 spiro atoms. The maximum atomic E-state index is 9.85. The molecule has 0 radical (unpaired) electrons. The van der Waals surface area contributed by atoms with Crippen LogP contribution in [0.5, 0.6) is 0 Å². The Hall–Kier alpha value is -1.99. The molecule has 136 valence electrons. The van der Waals surface area contributed by atoms with E-state index in [0.29, 0.717) is 23.7 Å². The molecule has 0 aromatic carbocycles. The molecule has 5 N–H and O–H groups in total. The molecule has 2 aromatic rings. The predicted octanol–water partition coefficient (Wildman–Crippen LogP) is 2.58. The first-order valence-corrected chi connectivity index (χ1v) is 9.06. The van der Waals surface area contributed by atoms with Crippen molar-refractivity contribution in [1.82, 2.24) is 15.0 Å². The lowest BCUT2D eigenvalue weighted by molar-refractivity contribution is 0.194. The monoisotopic (exact) mass is 344 g/mol. The molecular formula is C18H28N6O. The minimum Gasteiger partial charge on any atom is -0.387 e. The Morgan fingerprint density at radius 2 is 1.88 bits per heavy atom. The molecule has 0 amide bonds. The van der Waals surface area contributed by atoms with Gasteiger partial charge in [0.15, 0.2) is 0 Å². The zero-order valence-corrected chi connectivity index (χ0v) is 15.2. The minimum atomic E-state index is -0.626. The highest BCUT2D eigenvalue weighted by molar-refractivity contribution is 5.90. The second-order valence-corrected chi connectivity index (χ2v) is 7.25. The second kappa shape index (κ2) is 7.49. The lowest BCUT2D eigenvalue weighted by Crippen LogP contribution is -2.33. The Labute approximate surface area is 148 Å². The number of nitrogens with zero attached hydrogens (tertiary/aromatic N) is 3. The normalized spacial score (nSPS) is 22.2. The number of rotatable bonds is 5. The van der Waals surface area contributed by atoms with Crippen LogP contribution in [-0.2, 0) is 0 Å². The van der Waals surface area contributed by atoms with E-state index in [4.69, 9.17) is 5.73 Å². The van der Waals surface area contributed by atoms with Gasteiger partial charge in [0.1, 0.15) is 5.82 Å². The number of nitrogens with one attached hydrogen (secondary N) is 2. The molecule has 1 atom stereocenters. The molecule has 25 heavy (non-hydrogen) atoms. The van der Waals surface area contributed by atoms with Crippen molar-refractivity contribution >= 4 is 22.7 Å². The topological polar surface area (TPSA) is 109 Å². The fourth-order valence-corrected chi connectivity index (χ4v) is 3.17. The SMILES string of the molecule is CC(C)Nc1nc(NC2CCC(N)CC2)c2cc([C@@H](C)O)ncc2n1. The van der Waals surface area contributed by atoms with Crippen LogP contribution in [0.25, 0.3) is 10.9 Å². The van der Waals surface area contributed by atoms with Gasteiger partial charge >= 0.3 is 0 Å². The molecule has 1 fully saturated rings. The van der Waals surface area contributed by atoms with Crippen LogP contribution in [-0.4, -0.2) is 38.2 Å². The van der Waals surface area contributed by atoms with E-state index >= 15 is 0 Å². The van der Waals surface area contributed by atoms with E-state index < -0.39 is 6.10 Å². The van der Waals surface area contributed by atoms with Crippen LogP contribution in [0.15, 0.2) is 12.3 Å². The van der Waals surface area contributed by atoms with Crippen LogP contribution in [0, 0.1) is 0 Å². The number of aromatic nitrogens is 3. The highest BCUT2D eigenvalue weighted by Gasteiger charge is 2.20. The summed E-state index contributed by atoms with van der Waals surface area (Å²) >= 11 is 0. The number of aliphatic hydroxyl groups is 1. The van der Waals surface area contributed by atoms with Gasteiger partial charge in [-0.1, -0.05) is 0 Å². The van der Waals surface area contributed by atoms with Gasteiger partial charge < -0.3 is 21.5 Å². The van der Waals surface area contributed by atoms with Crippen molar-refractivity contribution < 1.29 is 5.11 Å². The third-order valence-corrected chi connectivity index (χ3v) is 4.56. The molecule has 2 heterocycles. The van der Waals surface area contributed by atoms with Gasteiger partial charge in [-0.15, -0.1) is 0 Å². The summed E-state index contributed by atoms with van der Waals surface area (Å²) < 4.78 is 0. The highest BCUT2D eigenvalue weighted by atomic mass is 16.3. The van der Waals surface area contributed by atoms with E-state index in [-0.39, 0.29) is 6.04 Å². The number of hydrogen-bond acceptors (Lipinski definition) is 7. The molecule has 0 unspecified atom stereocenters. The van der Waals surface area contributed by atoms with Gasteiger partial charge in [0.25, 0.3) is 0 Å².